The summed E-state index contributed by atoms with van der Waals surface area (Å²) < 4.78 is 6.07. The summed E-state index contributed by atoms with van der Waals surface area (Å²) in [5.74, 6) is 0.836. The van der Waals surface area contributed by atoms with Crippen LogP contribution in [-0.2, 0) is 6.54 Å². The van der Waals surface area contributed by atoms with Gasteiger partial charge in [-0.25, -0.2) is 0 Å². The lowest BCUT2D eigenvalue weighted by Gasteiger charge is -2.08. The predicted molar refractivity (Wildman–Crippen MR) is 72.5 cm³/mol. The van der Waals surface area contributed by atoms with Gasteiger partial charge in [0.05, 0.1) is 16.4 Å². The average molecular weight is 316 g/mol. The summed E-state index contributed by atoms with van der Waals surface area (Å²) in [6, 6.07) is 5.74. The highest BCUT2D eigenvalue weighted by molar-refractivity contribution is 9.10. The minimum absolute atomic E-state index is 0.655. The van der Waals surface area contributed by atoms with Crippen LogP contribution in [0.4, 0.5) is 5.69 Å². The molecule has 1 N–H and O–H groups in total. The van der Waals surface area contributed by atoms with E-state index < -0.39 is 0 Å². The molecule has 0 spiro atoms. The maximum absolute atomic E-state index is 6.12. The van der Waals surface area contributed by atoms with E-state index in [1.807, 2.05) is 32.0 Å². The summed E-state index contributed by atoms with van der Waals surface area (Å²) in [7, 11) is 0. The maximum atomic E-state index is 6.12. The van der Waals surface area contributed by atoms with Gasteiger partial charge >= 0.3 is 0 Å². The molecule has 5 heteroatoms. The van der Waals surface area contributed by atoms with Crippen molar-refractivity contribution in [3.8, 4) is 0 Å². The molecule has 1 aromatic carbocycles. The van der Waals surface area contributed by atoms with Crippen molar-refractivity contribution in [3.63, 3.8) is 0 Å². The zero-order chi connectivity index (χ0) is 12.4. The Labute approximate surface area is 113 Å². The summed E-state index contributed by atoms with van der Waals surface area (Å²) >= 11 is 9.49. The summed E-state index contributed by atoms with van der Waals surface area (Å²) in [6.45, 7) is 4.49. The van der Waals surface area contributed by atoms with Crippen LogP contribution in [0, 0.1) is 13.8 Å². The maximum Gasteiger partial charge on any atom is 0.138 e. The summed E-state index contributed by atoms with van der Waals surface area (Å²) in [6.07, 6.45) is 0. The van der Waals surface area contributed by atoms with Gasteiger partial charge in [0.1, 0.15) is 5.76 Å². The van der Waals surface area contributed by atoms with Crippen LogP contribution in [0.2, 0.25) is 5.02 Å². The Hall–Kier alpha value is -1.000. The molecule has 0 aliphatic carbocycles. The molecular weight excluding hydrogens is 304 g/mol. The van der Waals surface area contributed by atoms with Crippen molar-refractivity contribution in [3.05, 3.63) is 44.7 Å². The van der Waals surface area contributed by atoms with Gasteiger partial charge in [-0.3, -0.25) is 0 Å². The third kappa shape index (κ3) is 2.82. The van der Waals surface area contributed by atoms with E-state index in [0.717, 1.165) is 27.2 Å². The zero-order valence-electron chi connectivity index (χ0n) is 9.55. The van der Waals surface area contributed by atoms with E-state index in [1.54, 1.807) is 0 Å². The molecule has 2 rings (SSSR count). The van der Waals surface area contributed by atoms with E-state index in [2.05, 4.69) is 26.4 Å². The van der Waals surface area contributed by atoms with E-state index in [-0.39, 0.29) is 0 Å². The smallest absolute Gasteiger partial charge is 0.138 e. The molecule has 1 heterocycles. The van der Waals surface area contributed by atoms with Crippen molar-refractivity contribution < 1.29 is 4.52 Å². The van der Waals surface area contributed by atoms with E-state index in [1.165, 1.54) is 0 Å². The molecule has 0 fully saturated rings. The van der Waals surface area contributed by atoms with Gasteiger partial charge < -0.3 is 9.84 Å². The number of hydrogen-bond donors (Lipinski definition) is 1. The number of aryl methyl sites for hydroxylation is 2. The van der Waals surface area contributed by atoms with Gasteiger partial charge in [0.15, 0.2) is 0 Å². The van der Waals surface area contributed by atoms with Gasteiger partial charge in [-0.2, -0.15) is 0 Å². The molecule has 1 aromatic heterocycles. The van der Waals surface area contributed by atoms with Gasteiger partial charge in [0.2, 0.25) is 0 Å². The largest absolute Gasteiger partial charge is 0.380 e. The number of aromatic nitrogens is 1. The monoisotopic (exact) mass is 314 g/mol. The Morgan fingerprint density at radius 1 is 1.41 bits per heavy atom. The SMILES string of the molecule is Cc1noc(C)c1CNc1ccc(Br)cc1Cl. The lowest BCUT2D eigenvalue weighted by Crippen LogP contribution is -2.01. The second kappa shape index (κ2) is 5.10. The number of rotatable bonds is 3. The molecule has 0 aliphatic rings. The van der Waals surface area contributed by atoms with Gasteiger partial charge in [-0.05, 0) is 32.0 Å². The molecule has 0 aliphatic heterocycles. The van der Waals surface area contributed by atoms with E-state index in [4.69, 9.17) is 16.1 Å². The number of anilines is 1. The molecule has 0 bridgehead atoms. The van der Waals surface area contributed by atoms with Crippen molar-refractivity contribution in [2.24, 2.45) is 0 Å². The normalized spacial score (nSPS) is 10.6. The van der Waals surface area contributed by atoms with E-state index in [9.17, 15) is 0 Å². The van der Waals surface area contributed by atoms with Crippen LogP contribution < -0.4 is 5.32 Å². The Bertz CT molecular complexity index is 520. The average Bonchev–Trinajstić information content (AvgIpc) is 2.58. The standard InChI is InChI=1S/C12H12BrClN2O/c1-7-10(8(2)17-16-7)6-15-12-4-3-9(13)5-11(12)14/h3-5,15H,6H2,1-2H3. The predicted octanol–water partition coefficient (Wildman–Crippen LogP) is 4.32. The first-order chi connectivity index (χ1) is 8.08. The molecular formula is C12H12BrClN2O. The summed E-state index contributed by atoms with van der Waals surface area (Å²) in [5.41, 5.74) is 2.88. The third-order valence-corrected chi connectivity index (χ3v) is 3.37. The second-order valence-electron chi connectivity index (χ2n) is 3.78. The van der Waals surface area contributed by atoms with Crippen LogP contribution >= 0.6 is 27.5 Å². The topological polar surface area (TPSA) is 38.1 Å². The number of nitrogens with zero attached hydrogens (tertiary/aromatic N) is 1. The van der Waals surface area contributed by atoms with Crippen molar-refractivity contribution in [1.82, 2.24) is 5.16 Å². The van der Waals surface area contributed by atoms with Gasteiger partial charge in [0, 0.05) is 16.6 Å². The second-order valence-corrected chi connectivity index (χ2v) is 5.10. The first-order valence-corrected chi connectivity index (χ1v) is 6.35. The van der Waals surface area contributed by atoms with E-state index >= 15 is 0 Å². The van der Waals surface area contributed by atoms with Crippen LogP contribution in [0.15, 0.2) is 27.2 Å². The molecule has 17 heavy (non-hydrogen) atoms. The van der Waals surface area contributed by atoms with Crippen LogP contribution in [-0.4, -0.2) is 5.16 Å². The summed E-state index contributed by atoms with van der Waals surface area (Å²) in [5, 5.41) is 7.87. The first kappa shape index (κ1) is 12.5. The molecule has 3 nitrogen and oxygen atoms in total. The highest BCUT2D eigenvalue weighted by Crippen LogP contribution is 2.26. The van der Waals surface area contributed by atoms with Crippen molar-refractivity contribution in [2.75, 3.05) is 5.32 Å². The van der Waals surface area contributed by atoms with E-state index in [0.29, 0.717) is 11.6 Å². The number of hydrogen-bond acceptors (Lipinski definition) is 3. The fourth-order valence-electron chi connectivity index (χ4n) is 1.57. The first-order valence-electron chi connectivity index (χ1n) is 5.18. The molecule has 0 saturated heterocycles. The van der Waals surface area contributed by atoms with Crippen LogP contribution in [0.1, 0.15) is 17.0 Å². The Kier molecular flexibility index (Phi) is 3.74. The fourth-order valence-corrected chi connectivity index (χ4v) is 2.31. The van der Waals surface area contributed by atoms with Crippen LogP contribution in [0.25, 0.3) is 0 Å². The fraction of sp³-hybridized carbons (Fsp3) is 0.250. The lowest BCUT2D eigenvalue weighted by atomic mass is 10.2. The molecule has 2 aromatic rings. The van der Waals surface area contributed by atoms with Crippen molar-refractivity contribution in [1.29, 1.82) is 0 Å². The quantitative estimate of drug-likeness (QED) is 0.916. The van der Waals surface area contributed by atoms with Crippen LogP contribution in [0.3, 0.4) is 0 Å². The van der Waals surface area contributed by atoms with Crippen molar-refractivity contribution in [2.45, 2.75) is 20.4 Å². The molecule has 0 unspecified atom stereocenters. The number of benzene rings is 1. The van der Waals surface area contributed by atoms with Crippen molar-refractivity contribution >= 4 is 33.2 Å². The lowest BCUT2D eigenvalue weighted by molar-refractivity contribution is 0.392. The number of nitrogens with one attached hydrogen (secondary N) is 1. The zero-order valence-corrected chi connectivity index (χ0v) is 11.9. The van der Waals surface area contributed by atoms with Gasteiger partial charge in [-0.1, -0.05) is 32.7 Å². The molecule has 0 radical (unpaired) electrons. The van der Waals surface area contributed by atoms with Crippen LogP contribution in [0.5, 0.6) is 0 Å². The number of halogens is 2. The highest BCUT2D eigenvalue weighted by Gasteiger charge is 2.09. The Balaban J connectivity index is 2.13. The molecule has 0 saturated carbocycles. The highest BCUT2D eigenvalue weighted by atomic mass is 79.9. The Morgan fingerprint density at radius 3 is 2.76 bits per heavy atom. The minimum atomic E-state index is 0.655. The minimum Gasteiger partial charge on any atom is -0.380 e. The summed E-state index contributed by atoms with van der Waals surface area (Å²) in [4.78, 5) is 0. The Morgan fingerprint density at radius 2 is 2.18 bits per heavy atom. The third-order valence-electron chi connectivity index (χ3n) is 2.57. The van der Waals surface area contributed by atoms with Gasteiger partial charge in [0.25, 0.3) is 0 Å². The van der Waals surface area contributed by atoms with Gasteiger partial charge in [-0.15, -0.1) is 0 Å². The molecule has 90 valence electrons. The molecule has 0 amide bonds. The molecule has 0 atom stereocenters.